The summed E-state index contributed by atoms with van der Waals surface area (Å²) in [5, 5.41) is 9.94. The predicted molar refractivity (Wildman–Crippen MR) is 88.3 cm³/mol. The normalized spacial score (nSPS) is 11.7. The molecule has 0 aliphatic carbocycles. The molecule has 23 heavy (non-hydrogen) atoms. The van der Waals surface area contributed by atoms with E-state index in [-0.39, 0.29) is 11.7 Å². The zero-order chi connectivity index (χ0) is 17.0. The highest BCUT2D eigenvalue weighted by Crippen LogP contribution is 2.42. The second kappa shape index (κ2) is 7.13. The Morgan fingerprint density at radius 3 is 2.00 bits per heavy atom. The van der Waals surface area contributed by atoms with Gasteiger partial charge in [0.15, 0.2) is 23.0 Å². The van der Waals surface area contributed by atoms with Gasteiger partial charge in [-0.2, -0.15) is 0 Å². The van der Waals surface area contributed by atoms with Crippen molar-refractivity contribution in [3.8, 4) is 28.7 Å². The van der Waals surface area contributed by atoms with E-state index >= 15 is 0 Å². The van der Waals surface area contributed by atoms with E-state index in [1.165, 1.54) is 6.07 Å². The second-order valence-electron chi connectivity index (χ2n) is 5.11. The van der Waals surface area contributed by atoms with Gasteiger partial charge in [-0.3, -0.25) is 0 Å². The Labute approximate surface area is 136 Å². The van der Waals surface area contributed by atoms with Gasteiger partial charge in [0.2, 0.25) is 0 Å². The van der Waals surface area contributed by atoms with E-state index in [2.05, 4.69) is 0 Å². The zero-order valence-corrected chi connectivity index (χ0v) is 14.0. The van der Waals surface area contributed by atoms with Gasteiger partial charge < -0.3 is 24.1 Å². The minimum absolute atomic E-state index is 0.0363. The van der Waals surface area contributed by atoms with E-state index in [9.17, 15) is 5.11 Å². The standard InChI is InChI=1S/C18H22O5/c1-11(12-6-7-15(20-2)16(8-12)21-3)14-9-13(19)10-17(22-4)18(14)23-5/h6-11,19H,1-5H3. The minimum atomic E-state index is -0.0363. The number of phenols is 1. The topological polar surface area (TPSA) is 57.2 Å². The molecule has 0 saturated heterocycles. The molecule has 2 rings (SSSR count). The maximum Gasteiger partial charge on any atom is 0.164 e. The molecule has 1 atom stereocenters. The summed E-state index contributed by atoms with van der Waals surface area (Å²) in [6.45, 7) is 2.03. The molecule has 0 radical (unpaired) electrons. The Morgan fingerprint density at radius 1 is 0.783 bits per heavy atom. The molecule has 2 aromatic rings. The van der Waals surface area contributed by atoms with Crippen LogP contribution in [-0.2, 0) is 0 Å². The molecule has 0 saturated carbocycles. The number of methoxy groups -OCH3 is 4. The Balaban J connectivity index is 2.52. The van der Waals surface area contributed by atoms with Crippen molar-refractivity contribution in [3.63, 3.8) is 0 Å². The highest BCUT2D eigenvalue weighted by Gasteiger charge is 2.20. The molecule has 2 aromatic carbocycles. The van der Waals surface area contributed by atoms with Crippen molar-refractivity contribution >= 4 is 0 Å². The van der Waals surface area contributed by atoms with Crippen molar-refractivity contribution in [2.45, 2.75) is 12.8 Å². The lowest BCUT2D eigenvalue weighted by atomic mass is 9.91. The molecule has 1 N–H and O–H groups in total. The molecule has 5 nitrogen and oxygen atoms in total. The van der Waals surface area contributed by atoms with Gasteiger partial charge in [-0.25, -0.2) is 0 Å². The van der Waals surface area contributed by atoms with Gasteiger partial charge in [0.05, 0.1) is 28.4 Å². The maximum absolute atomic E-state index is 9.94. The fraction of sp³-hybridized carbons (Fsp3) is 0.333. The summed E-state index contributed by atoms with van der Waals surface area (Å²) in [7, 11) is 6.33. The average Bonchev–Trinajstić information content (AvgIpc) is 2.59. The van der Waals surface area contributed by atoms with Gasteiger partial charge in [0, 0.05) is 17.5 Å². The highest BCUT2D eigenvalue weighted by molar-refractivity contribution is 5.56. The number of rotatable bonds is 6. The molecular formula is C18H22O5. The Morgan fingerprint density at radius 2 is 1.43 bits per heavy atom. The first-order chi connectivity index (χ1) is 11.0. The third-order valence-electron chi connectivity index (χ3n) is 3.87. The molecule has 0 fully saturated rings. The first-order valence-corrected chi connectivity index (χ1v) is 7.22. The number of ether oxygens (including phenoxy) is 4. The lowest BCUT2D eigenvalue weighted by Crippen LogP contribution is -2.02. The van der Waals surface area contributed by atoms with Crippen molar-refractivity contribution in [1.82, 2.24) is 0 Å². The molecule has 1 unspecified atom stereocenters. The summed E-state index contributed by atoms with van der Waals surface area (Å²) in [5.74, 6) is 2.52. The molecule has 0 heterocycles. The summed E-state index contributed by atoms with van der Waals surface area (Å²) in [6.07, 6.45) is 0. The zero-order valence-electron chi connectivity index (χ0n) is 14.0. The van der Waals surface area contributed by atoms with Crippen molar-refractivity contribution in [2.24, 2.45) is 0 Å². The van der Waals surface area contributed by atoms with Crippen LogP contribution in [0.5, 0.6) is 28.7 Å². The number of phenolic OH excluding ortho intramolecular Hbond substituents is 1. The van der Waals surface area contributed by atoms with Crippen LogP contribution >= 0.6 is 0 Å². The molecule has 5 heteroatoms. The van der Waals surface area contributed by atoms with Crippen molar-refractivity contribution in [2.75, 3.05) is 28.4 Å². The van der Waals surface area contributed by atoms with Crippen LogP contribution in [-0.4, -0.2) is 33.5 Å². The molecule has 0 aliphatic heterocycles. The lowest BCUT2D eigenvalue weighted by Gasteiger charge is -2.20. The van der Waals surface area contributed by atoms with Crippen LogP contribution in [0, 0.1) is 0 Å². The van der Waals surface area contributed by atoms with E-state index in [0.29, 0.717) is 23.0 Å². The van der Waals surface area contributed by atoms with Crippen LogP contribution in [0.2, 0.25) is 0 Å². The first kappa shape index (κ1) is 16.8. The largest absolute Gasteiger partial charge is 0.508 e. The van der Waals surface area contributed by atoms with Crippen LogP contribution < -0.4 is 18.9 Å². The first-order valence-electron chi connectivity index (χ1n) is 7.22. The molecule has 0 bridgehead atoms. The van der Waals surface area contributed by atoms with E-state index < -0.39 is 0 Å². The van der Waals surface area contributed by atoms with Crippen molar-refractivity contribution in [1.29, 1.82) is 0 Å². The van der Waals surface area contributed by atoms with E-state index in [1.54, 1.807) is 34.5 Å². The summed E-state index contributed by atoms with van der Waals surface area (Å²) in [6, 6.07) is 8.95. The SMILES string of the molecule is COc1ccc(C(C)c2cc(O)cc(OC)c2OC)cc1OC. The highest BCUT2D eigenvalue weighted by atomic mass is 16.5. The smallest absolute Gasteiger partial charge is 0.164 e. The molecule has 124 valence electrons. The lowest BCUT2D eigenvalue weighted by molar-refractivity contribution is 0.346. The summed E-state index contributed by atoms with van der Waals surface area (Å²) in [4.78, 5) is 0. The van der Waals surface area contributed by atoms with Crippen LogP contribution in [0.15, 0.2) is 30.3 Å². The second-order valence-corrected chi connectivity index (χ2v) is 5.11. The number of aromatic hydroxyl groups is 1. The van der Waals surface area contributed by atoms with Crippen LogP contribution in [0.1, 0.15) is 24.0 Å². The Kier molecular flexibility index (Phi) is 5.21. The third-order valence-corrected chi connectivity index (χ3v) is 3.87. The van der Waals surface area contributed by atoms with E-state index in [4.69, 9.17) is 18.9 Å². The van der Waals surface area contributed by atoms with Gasteiger partial charge in [0.25, 0.3) is 0 Å². The van der Waals surface area contributed by atoms with Gasteiger partial charge in [0.1, 0.15) is 5.75 Å². The summed E-state index contributed by atoms with van der Waals surface area (Å²) < 4.78 is 21.4. The minimum Gasteiger partial charge on any atom is -0.508 e. The summed E-state index contributed by atoms with van der Waals surface area (Å²) in [5.41, 5.74) is 1.84. The van der Waals surface area contributed by atoms with E-state index in [1.807, 2.05) is 25.1 Å². The van der Waals surface area contributed by atoms with Crippen LogP contribution in [0.4, 0.5) is 0 Å². The number of benzene rings is 2. The van der Waals surface area contributed by atoms with Crippen LogP contribution in [0.25, 0.3) is 0 Å². The fourth-order valence-electron chi connectivity index (χ4n) is 2.60. The molecular weight excluding hydrogens is 296 g/mol. The fourth-order valence-corrected chi connectivity index (χ4v) is 2.60. The van der Waals surface area contributed by atoms with Gasteiger partial charge in [-0.1, -0.05) is 13.0 Å². The van der Waals surface area contributed by atoms with Crippen LogP contribution in [0.3, 0.4) is 0 Å². The molecule has 0 amide bonds. The van der Waals surface area contributed by atoms with Gasteiger partial charge in [-0.05, 0) is 23.8 Å². The Hall–Kier alpha value is -2.56. The van der Waals surface area contributed by atoms with Crippen molar-refractivity contribution in [3.05, 3.63) is 41.5 Å². The third kappa shape index (κ3) is 3.28. The van der Waals surface area contributed by atoms with Gasteiger partial charge in [-0.15, -0.1) is 0 Å². The predicted octanol–water partition coefficient (Wildman–Crippen LogP) is 3.58. The molecule has 0 aliphatic rings. The Bertz CT molecular complexity index is 681. The maximum atomic E-state index is 9.94. The van der Waals surface area contributed by atoms with E-state index in [0.717, 1.165) is 11.1 Å². The monoisotopic (exact) mass is 318 g/mol. The molecule has 0 aromatic heterocycles. The summed E-state index contributed by atoms with van der Waals surface area (Å²) >= 11 is 0. The molecule has 0 spiro atoms. The quantitative estimate of drug-likeness (QED) is 0.882. The average molecular weight is 318 g/mol. The number of hydrogen-bond acceptors (Lipinski definition) is 5. The van der Waals surface area contributed by atoms with Gasteiger partial charge >= 0.3 is 0 Å². The van der Waals surface area contributed by atoms with Crippen molar-refractivity contribution < 1.29 is 24.1 Å². The number of hydrogen-bond donors (Lipinski definition) is 1.